The number of thiol groups is 3. The van der Waals surface area contributed by atoms with E-state index in [0.717, 1.165) is 13.7 Å². The number of aromatic nitrogens is 3. The molecule has 0 bridgehead atoms. The molecule has 0 saturated carbocycles. The van der Waals surface area contributed by atoms with Crippen LogP contribution in [-0.4, -0.2) is 67.2 Å². The fraction of sp³-hybridized carbons (Fsp3) is 0.714. The van der Waals surface area contributed by atoms with Crippen molar-refractivity contribution in [1.29, 1.82) is 0 Å². The molecule has 0 saturated heterocycles. The smallest absolute Gasteiger partial charge is 0.336 e. The van der Waals surface area contributed by atoms with E-state index in [1.54, 1.807) is 20.8 Å². The lowest BCUT2D eigenvalue weighted by molar-refractivity contribution is -0.144. The quantitative estimate of drug-likeness (QED) is 0.151. The lowest BCUT2D eigenvalue weighted by Gasteiger charge is -2.15. The van der Waals surface area contributed by atoms with Crippen LogP contribution >= 0.6 is 37.9 Å². The van der Waals surface area contributed by atoms with E-state index in [4.69, 9.17) is 14.2 Å². The molecule has 0 aromatic carbocycles. The number of rotatable bonds is 15. The number of ether oxygens (including phenoxy) is 3. The van der Waals surface area contributed by atoms with Gasteiger partial charge in [0.2, 0.25) is 0 Å². The number of hydrogen-bond acceptors (Lipinski definition) is 12. The standard InChI is InChI=1S/C21H33N3O9S3/c1-13(34)10-16(25)31-7-4-22-19(28)23(5-8-32-17(26)11-14(2)35)21(30)24(20(22)29)6-9-33-18(27)12-15(3)36/h13-15,34-36H,4-12H2,1-3H3. The van der Waals surface area contributed by atoms with Crippen molar-refractivity contribution in [3.05, 3.63) is 31.5 Å². The lowest BCUT2D eigenvalue weighted by atomic mass is 10.3. The largest absolute Gasteiger partial charge is 0.464 e. The molecule has 0 radical (unpaired) electrons. The van der Waals surface area contributed by atoms with Gasteiger partial charge < -0.3 is 14.2 Å². The average molecular weight is 568 g/mol. The van der Waals surface area contributed by atoms with Gasteiger partial charge in [-0.25, -0.2) is 28.1 Å². The summed E-state index contributed by atoms with van der Waals surface area (Å²) in [6.45, 7) is 3.27. The second kappa shape index (κ2) is 15.9. The van der Waals surface area contributed by atoms with E-state index in [1.807, 2.05) is 0 Å². The van der Waals surface area contributed by atoms with E-state index < -0.39 is 35.0 Å². The molecule has 1 aromatic heterocycles. The highest BCUT2D eigenvalue weighted by atomic mass is 32.1. The first kappa shape index (κ1) is 31.9. The average Bonchev–Trinajstić information content (AvgIpc) is 2.73. The van der Waals surface area contributed by atoms with Crippen LogP contribution in [0.2, 0.25) is 0 Å². The molecule has 0 aliphatic rings. The van der Waals surface area contributed by atoms with Gasteiger partial charge in [0.05, 0.1) is 38.9 Å². The molecule has 0 N–H and O–H groups in total. The Morgan fingerprint density at radius 3 is 1.00 bits per heavy atom. The summed E-state index contributed by atoms with van der Waals surface area (Å²) in [5, 5.41) is -0.706. The molecule has 15 heteroatoms. The number of carbonyl (C=O) groups excluding carboxylic acids is 3. The van der Waals surface area contributed by atoms with E-state index in [9.17, 15) is 28.8 Å². The highest BCUT2D eigenvalue weighted by molar-refractivity contribution is 7.81. The third-order valence-electron chi connectivity index (χ3n) is 4.51. The molecule has 1 aromatic rings. The maximum atomic E-state index is 12.9. The van der Waals surface area contributed by atoms with Gasteiger partial charge in [0.25, 0.3) is 0 Å². The summed E-state index contributed by atoms with van der Waals surface area (Å²) >= 11 is 12.3. The van der Waals surface area contributed by atoms with Crippen molar-refractivity contribution in [2.45, 2.75) is 75.4 Å². The normalized spacial score (nSPS) is 13.5. The zero-order valence-corrected chi connectivity index (χ0v) is 23.1. The van der Waals surface area contributed by atoms with E-state index in [-0.39, 0.29) is 74.5 Å². The Balaban J connectivity index is 3.13. The number of esters is 3. The number of nitrogens with zero attached hydrogens (tertiary/aromatic N) is 3. The summed E-state index contributed by atoms with van der Waals surface area (Å²) in [5.41, 5.74) is -2.88. The maximum absolute atomic E-state index is 12.9. The van der Waals surface area contributed by atoms with Gasteiger partial charge >= 0.3 is 35.0 Å². The van der Waals surface area contributed by atoms with Crippen LogP contribution in [0.3, 0.4) is 0 Å². The van der Waals surface area contributed by atoms with E-state index >= 15 is 0 Å². The molecular weight excluding hydrogens is 534 g/mol. The minimum Gasteiger partial charge on any atom is -0.464 e. The topological polar surface area (TPSA) is 145 Å². The van der Waals surface area contributed by atoms with Crippen LogP contribution in [0.25, 0.3) is 0 Å². The Hall–Kier alpha value is -2.13. The first-order valence-corrected chi connectivity index (χ1v) is 12.8. The van der Waals surface area contributed by atoms with Crippen molar-refractivity contribution in [2.75, 3.05) is 19.8 Å². The van der Waals surface area contributed by atoms with Crippen LogP contribution in [0.5, 0.6) is 0 Å². The summed E-state index contributed by atoms with van der Waals surface area (Å²) in [5.74, 6) is -1.68. The second-order valence-electron chi connectivity index (χ2n) is 8.12. The summed E-state index contributed by atoms with van der Waals surface area (Å²) in [6, 6.07) is 0. The highest BCUT2D eigenvalue weighted by Crippen LogP contribution is 2.02. The molecule has 0 fully saturated rings. The Bertz CT molecular complexity index is 914. The van der Waals surface area contributed by atoms with Crippen LogP contribution in [0.4, 0.5) is 0 Å². The molecule has 3 atom stereocenters. The Morgan fingerprint density at radius 2 is 0.806 bits per heavy atom. The molecule has 1 rings (SSSR count). The van der Waals surface area contributed by atoms with Gasteiger partial charge in [0, 0.05) is 15.7 Å². The molecule has 12 nitrogen and oxygen atoms in total. The Kier molecular flexibility index (Phi) is 14.1. The van der Waals surface area contributed by atoms with Crippen molar-refractivity contribution >= 4 is 55.8 Å². The first-order valence-electron chi connectivity index (χ1n) is 11.3. The molecule has 3 unspecified atom stereocenters. The van der Waals surface area contributed by atoms with Crippen molar-refractivity contribution in [2.24, 2.45) is 0 Å². The van der Waals surface area contributed by atoms with Crippen molar-refractivity contribution in [3.8, 4) is 0 Å². The minimum absolute atomic E-state index is 0.0360. The molecular formula is C21H33N3O9S3. The SMILES string of the molecule is CC(S)CC(=O)OCCn1c(=O)n(CCOC(=O)CC(C)S)c(=O)n(CCOC(=O)CC(C)S)c1=O. The van der Waals surface area contributed by atoms with Crippen molar-refractivity contribution in [3.63, 3.8) is 0 Å². The molecule has 0 amide bonds. The summed E-state index contributed by atoms with van der Waals surface area (Å²) in [6.07, 6.45) is 0.108. The van der Waals surface area contributed by atoms with Gasteiger partial charge in [-0.05, 0) is 0 Å². The van der Waals surface area contributed by atoms with E-state index in [2.05, 4.69) is 37.9 Å². The highest BCUT2D eigenvalue weighted by Gasteiger charge is 2.18. The maximum Gasteiger partial charge on any atom is 0.336 e. The van der Waals surface area contributed by atoms with Crippen LogP contribution in [0.15, 0.2) is 14.4 Å². The van der Waals surface area contributed by atoms with Gasteiger partial charge in [-0.1, -0.05) is 20.8 Å². The van der Waals surface area contributed by atoms with Gasteiger partial charge in [-0.2, -0.15) is 37.9 Å². The molecule has 0 aliphatic carbocycles. The van der Waals surface area contributed by atoms with Crippen LogP contribution in [0, 0.1) is 0 Å². The zero-order valence-electron chi connectivity index (χ0n) is 20.5. The zero-order chi connectivity index (χ0) is 27.4. The Labute approximate surface area is 224 Å². The summed E-state index contributed by atoms with van der Waals surface area (Å²) < 4.78 is 17.3. The van der Waals surface area contributed by atoms with Crippen LogP contribution in [-0.2, 0) is 48.2 Å². The lowest BCUT2D eigenvalue weighted by Crippen LogP contribution is -2.55. The Morgan fingerprint density at radius 1 is 0.583 bits per heavy atom. The predicted molar refractivity (Wildman–Crippen MR) is 141 cm³/mol. The molecule has 204 valence electrons. The number of carbonyl (C=O) groups is 3. The molecule has 0 spiro atoms. The minimum atomic E-state index is -0.959. The fourth-order valence-electron chi connectivity index (χ4n) is 2.91. The third kappa shape index (κ3) is 11.3. The fourth-order valence-corrected chi connectivity index (χ4v) is 3.36. The molecule has 0 aliphatic heterocycles. The van der Waals surface area contributed by atoms with Gasteiger partial charge in [0.15, 0.2) is 0 Å². The third-order valence-corrected chi connectivity index (χ3v) is 5.05. The first-order chi connectivity index (χ1) is 16.8. The van der Waals surface area contributed by atoms with E-state index in [0.29, 0.717) is 0 Å². The monoisotopic (exact) mass is 567 g/mol. The molecule has 36 heavy (non-hydrogen) atoms. The van der Waals surface area contributed by atoms with Crippen LogP contribution < -0.4 is 17.1 Å². The van der Waals surface area contributed by atoms with Gasteiger partial charge in [-0.15, -0.1) is 0 Å². The van der Waals surface area contributed by atoms with Crippen LogP contribution in [0.1, 0.15) is 40.0 Å². The number of hydrogen-bond donors (Lipinski definition) is 3. The van der Waals surface area contributed by atoms with Crippen molar-refractivity contribution in [1.82, 2.24) is 13.7 Å². The van der Waals surface area contributed by atoms with Gasteiger partial charge in [0.1, 0.15) is 19.8 Å². The van der Waals surface area contributed by atoms with E-state index in [1.165, 1.54) is 0 Å². The van der Waals surface area contributed by atoms with Gasteiger partial charge in [-0.3, -0.25) is 14.4 Å². The van der Waals surface area contributed by atoms with Crippen molar-refractivity contribution < 1.29 is 28.6 Å². The summed E-state index contributed by atoms with van der Waals surface area (Å²) in [7, 11) is 0. The second-order valence-corrected chi connectivity index (χ2v) is 10.8. The summed E-state index contributed by atoms with van der Waals surface area (Å²) in [4.78, 5) is 73.9. The predicted octanol–water partition coefficient (Wildman–Crippen LogP) is -0.0735. The molecule has 1 heterocycles.